The van der Waals surface area contributed by atoms with Gasteiger partial charge in [-0.2, -0.15) is 0 Å². The maximum Gasteiger partial charge on any atom is 0.134 e. The second kappa shape index (κ2) is 5.00. The maximum absolute atomic E-state index is 13.6. The number of phenolic OH excluding ortho intramolecular Hbond substituents is 1. The fraction of sp³-hybridized carbons (Fsp3) is 0.538. The molecule has 0 saturated heterocycles. The van der Waals surface area contributed by atoms with E-state index in [4.69, 9.17) is 5.73 Å². The molecule has 1 saturated carbocycles. The van der Waals surface area contributed by atoms with Crippen LogP contribution in [0.3, 0.4) is 0 Å². The lowest BCUT2D eigenvalue weighted by Crippen LogP contribution is -2.24. The molecule has 0 heterocycles. The molecule has 0 bridgehead atoms. The summed E-state index contributed by atoms with van der Waals surface area (Å²) in [5.74, 6) is -1.73. The third kappa shape index (κ3) is 2.57. The minimum atomic E-state index is -0.778. The second-order valence-corrected chi connectivity index (χ2v) is 4.74. The molecule has 1 aromatic rings. The quantitative estimate of drug-likeness (QED) is 0.834. The van der Waals surface area contributed by atoms with Crippen LogP contribution < -0.4 is 5.73 Å². The zero-order valence-electron chi connectivity index (χ0n) is 9.63. The Morgan fingerprint density at radius 1 is 1.18 bits per heavy atom. The van der Waals surface area contributed by atoms with E-state index in [0.717, 1.165) is 37.8 Å². The van der Waals surface area contributed by atoms with Crippen molar-refractivity contribution in [2.75, 3.05) is 0 Å². The maximum atomic E-state index is 13.6. The molecule has 0 aliphatic heterocycles. The topological polar surface area (TPSA) is 46.2 Å². The molecule has 17 heavy (non-hydrogen) atoms. The van der Waals surface area contributed by atoms with Crippen LogP contribution in [0.1, 0.15) is 43.7 Å². The summed E-state index contributed by atoms with van der Waals surface area (Å²) in [7, 11) is 0. The van der Waals surface area contributed by atoms with Gasteiger partial charge in [0.05, 0.1) is 0 Å². The molecule has 0 spiro atoms. The summed E-state index contributed by atoms with van der Waals surface area (Å²) in [5.41, 5.74) is 6.05. The Morgan fingerprint density at radius 2 is 1.82 bits per heavy atom. The fourth-order valence-electron chi connectivity index (χ4n) is 2.63. The number of halogens is 2. The van der Waals surface area contributed by atoms with E-state index in [1.165, 1.54) is 6.42 Å². The van der Waals surface area contributed by atoms with Gasteiger partial charge in [-0.25, -0.2) is 8.78 Å². The summed E-state index contributed by atoms with van der Waals surface area (Å²) < 4.78 is 26.5. The van der Waals surface area contributed by atoms with Crippen LogP contribution in [0.5, 0.6) is 5.75 Å². The highest BCUT2D eigenvalue weighted by molar-refractivity contribution is 5.36. The highest BCUT2D eigenvalue weighted by Crippen LogP contribution is 2.37. The molecule has 2 rings (SSSR count). The molecule has 1 aliphatic rings. The molecule has 1 atom stereocenters. The second-order valence-electron chi connectivity index (χ2n) is 4.74. The van der Waals surface area contributed by atoms with Crippen molar-refractivity contribution in [3.63, 3.8) is 0 Å². The van der Waals surface area contributed by atoms with Crippen LogP contribution in [0, 0.1) is 17.6 Å². The average Bonchev–Trinajstić information content (AvgIpc) is 2.28. The minimum absolute atomic E-state index is 0.0540. The van der Waals surface area contributed by atoms with E-state index >= 15 is 0 Å². The molecule has 0 unspecified atom stereocenters. The first-order valence-corrected chi connectivity index (χ1v) is 6.03. The third-order valence-corrected chi connectivity index (χ3v) is 3.56. The summed E-state index contributed by atoms with van der Waals surface area (Å²) in [6.45, 7) is 0. The molecule has 3 N–H and O–H groups in total. The van der Waals surface area contributed by atoms with E-state index in [0.29, 0.717) is 0 Å². The largest absolute Gasteiger partial charge is 0.507 e. The summed E-state index contributed by atoms with van der Waals surface area (Å²) >= 11 is 0. The normalized spacial score (nSPS) is 19.2. The first kappa shape index (κ1) is 12.3. The summed E-state index contributed by atoms with van der Waals surface area (Å²) in [5, 5.41) is 9.61. The number of nitrogens with two attached hydrogens (primary N) is 1. The third-order valence-electron chi connectivity index (χ3n) is 3.56. The van der Waals surface area contributed by atoms with Gasteiger partial charge < -0.3 is 10.8 Å². The Labute approximate surface area is 99.4 Å². The number of aromatic hydroxyl groups is 1. The number of hydrogen-bond donors (Lipinski definition) is 2. The molecular formula is C13H17F2NO. The van der Waals surface area contributed by atoms with E-state index < -0.39 is 17.7 Å². The van der Waals surface area contributed by atoms with Crippen LogP contribution in [0.2, 0.25) is 0 Å². The molecule has 0 aromatic heterocycles. The predicted octanol–water partition coefficient (Wildman–Crippen LogP) is 3.25. The van der Waals surface area contributed by atoms with E-state index in [9.17, 15) is 13.9 Å². The Balaban J connectivity index is 2.26. The van der Waals surface area contributed by atoms with Gasteiger partial charge >= 0.3 is 0 Å². The van der Waals surface area contributed by atoms with Gasteiger partial charge in [-0.3, -0.25) is 0 Å². The molecule has 0 radical (unpaired) electrons. The van der Waals surface area contributed by atoms with Crippen LogP contribution in [-0.4, -0.2) is 5.11 Å². The smallest absolute Gasteiger partial charge is 0.134 e. The predicted molar refractivity (Wildman–Crippen MR) is 61.5 cm³/mol. The van der Waals surface area contributed by atoms with Crippen molar-refractivity contribution in [2.45, 2.75) is 38.1 Å². The summed E-state index contributed by atoms with van der Waals surface area (Å²) in [4.78, 5) is 0. The van der Waals surface area contributed by atoms with E-state index in [2.05, 4.69) is 0 Å². The molecule has 1 aliphatic carbocycles. The van der Waals surface area contributed by atoms with Crippen molar-refractivity contribution in [1.29, 1.82) is 0 Å². The molecular weight excluding hydrogens is 224 g/mol. The lowest BCUT2D eigenvalue weighted by Gasteiger charge is -2.28. The number of hydrogen-bond acceptors (Lipinski definition) is 2. The van der Waals surface area contributed by atoms with Gasteiger partial charge in [0.15, 0.2) is 0 Å². The van der Waals surface area contributed by atoms with Crippen molar-refractivity contribution in [3.8, 4) is 5.75 Å². The Morgan fingerprint density at radius 3 is 2.41 bits per heavy atom. The van der Waals surface area contributed by atoms with E-state index in [-0.39, 0.29) is 17.2 Å². The molecule has 4 heteroatoms. The van der Waals surface area contributed by atoms with Gasteiger partial charge in [-0.15, -0.1) is 0 Å². The Bertz CT molecular complexity index is 379. The lowest BCUT2D eigenvalue weighted by atomic mass is 9.81. The number of benzene rings is 1. The van der Waals surface area contributed by atoms with Crippen LogP contribution in [0.4, 0.5) is 8.78 Å². The van der Waals surface area contributed by atoms with Crippen LogP contribution in [0.15, 0.2) is 12.1 Å². The zero-order chi connectivity index (χ0) is 12.4. The first-order chi connectivity index (χ1) is 8.09. The van der Waals surface area contributed by atoms with Crippen LogP contribution in [-0.2, 0) is 0 Å². The van der Waals surface area contributed by atoms with Crippen molar-refractivity contribution in [3.05, 3.63) is 29.3 Å². The van der Waals surface area contributed by atoms with Gasteiger partial charge in [-0.1, -0.05) is 19.3 Å². The highest BCUT2D eigenvalue weighted by Gasteiger charge is 2.26. The average molecular weight is 241 g/mol. The van der Waals surface area contributed by atoms with Gasteiger partial charge in [0.1, 0.15) is 17.4 Å². The molecule has 1 fully saturated rings. The molecule has 2 nitrogen and oxygen atoms in total. The number of phenols is 1. The van der Waals surface area contributed by atoms with Gasteiger partial charge in [0.2, 0.25) is 0 Å². The highest BCUT2D eigenvalue weighted by atomic mass is 19.1. The summed E-state index contributed by atoms with van der Waals surface area (Å²) in [6, 6.07) is 1.15. The van der Waals surface area contributed by atoms with Gasteiger partial charge in [0.25, 0.3) is 0 Å². The van der Waals surface area contributed by atoms with Crippen molar-refractivity contribution in [2.24, 2.45) is 11.7 Å². The zero-order valence-corrected chi connectivity index (χ0v) is 9.63. The SMILES string of the molecule is N[C@@H](c1c(O)cc(F)cc1F)C1CCCCC1. The molecule has 0 amide bonds. The fourth-order valence-corrected chi connectivity index (χ4v) is 2.63. The Hall–Kier alpha value is -1.16. The van der Waals surface area contributed by atoms with Crippen molar-refractivity contribution in [1.82, 2.24) is 0 Å². The first-order valence-electron chi connectivity index (χ1n) is 6.03. The standard InChI is InChI=1S/C13H17F2NO/c14-9-6-10(15)12(11(17)7-9)13(16)8-4-2-1-3-5-8/h6-8,13,17H,1-5,16H2/t13-/m1/s1. The van der Waals surface area contributed by atoms with Crippen LogP contribution in [0.25, 0.3) is 0 Å². The van der Waals surface area contributed by atoms with Crippen LogP contribution >= 0.6 is 0 Å². The minimum Gasteiger partial charge on any atom is -0.507 e. The van der Waals surface area contributed by atoms with Crippen molar-refractivity contribution >= 4 is 0 Å². The van der Waals surface area contributed by atoms with Crippen molar-refractivity contribution < 1.29 is 13.9 Å². The monoisotopic (exact) mass is 241 g/mol. The summed E-state index contributed by atoms with van der Waals surface area (Å²) in [6.07, 6.45) is 5.24. The van der Waals surface area contributed by atoms with E-state index in [1.807, 2.05) is 0 Å². The lowest BCUT2D eigenvalue weighted by molar-refractivity contribution is 0.297. The van der Waals surface area contributed by atoms with Gasteiger partial charge in [-0.05, 0) is 18.8 Å². The number of rotatable bonds is 2. The van der Waals surface area contributed by atoms with Gasteiger partial charge in [0, 0.05) is 23.7 Å². The van der Waals surface area contributed by atoms with E-state index in [1.54, 1.807) is 0 Å². The molecule has 94 valence electrons. The molecule has 1 aromatic carbocycles. The Kier molecular flexibility index (Phi) is 3.62.